The van der Waals surface area contributed by atoms with Crippen LogP contribution in [0.2, 0.25) is 0 Å². The van der Waals surface area contributed by atoms with Crippen LogP contribution < -0.4 is 10.6 Å². The van der Waals surface area contributed by atoms with Crippen molar-refractivity contribution >= 4 is 5.91 Å². The first-order chi connectivity index (χ1) is 10.2. The van der Waals surface area contributed by atoms with Crippen LogP contribution in [0.4, 0.5) is 0 Å². The quantitative estimate of drug-likeness (QED) is 0.688. The SMILES string of the molecule is COCCNCc1cn(C(C)C(=O)NC2CCCC2)nn1. The molecule has 21 heavy (non-hydrogen) atoms. The van der Waals surface area contributed by atoms with Gasteiger partial charge in [0.05, 0.1) is 18.5 Å². The van der Waals surface area contributed by atoms with Crippen LogP contribution in [0.5, 0.6) is 0 Å². The monoisotopic (exact) mass is 295 g/mol. The maximum absolute atomic E-state index is 12.2. The predicted molar refractivity (Wildman–Crippen MR) is 78.7 cm³/mol. The van der Waals surface area contributed by atoms with Crippen LogP contribution in [0.15, 0.2) is 6.20 Å². The summed E-state index contributed by atoms with van der Waals surface area (Å²) in [7, 11) is 1.67. The largest absolute Gasteiger partial charge is 0.383 e. The standard InChI is InChI=1S/C14H25N5O2/c1-11(14(20)16-12-5-3-4-6-12)19-10-13(17-18-19)9-15-7-8-21-2/h10-12,15H,3-9H2,1-2H3,(H,16,20). The third-order valence-corrected chi connectivity index (χ3v) is 3.82. The van der Waals surface area contributed by atoms with Gasteiger partial charge in [-0.1, -0.05) is 18.1 Å². The zero-order valence-electron chi connectivity index (χ0n) is 12.8. The number of carbonyl (C=O) groups is 1. The maximum atomic E-state index is 12.2. The molecular weight excluding hydrogens is 270 g/mol. The molecular formula is C14H25N5O2. The molecule has 2 N–H and O–H groups in total. The Balaban J connectivity index is 1.80. The summed E-state index contributed by atoms with van der Waals surface area (Å²) in [5.41, 5.74) is 0.826. The lowest BCUT2D eigenvalue weighted by molar-refractivity contribution is -0.124. The topological polar surface area (TPSA) is 81.1 Å². The van der Waals surface area contributed by atoms with Gasteiger partial charge in [-0.05, 0) is 19.8 Å². The normalized spacial score (nSPS) is 17.0. The van der Waals surface area contributed by atoms with Crippen molar-refractivity contribution in [3.63, 3.8) is 0 Å². The van der Waals surface area contributed by atoms with Crippen molar-refractivity contribution in [2.24, 2.45) is 0 Å². The number of nitrogens with one attached hydrogen (secondary N) is 2. The van der Waals surface area contributed by atoms with Crippen molar-refractivity contribution in [2.45, 2.75) is 51.2 Å². The molecule has 7 heteroatoms. The number of methoxy groups -OCH3 is 1. The lowest BCUT2D eigenvalue weighted by Crippen LogP contribution is -2.37. The van der Waals surface area contributed by atoms with E-state index in [-0.39, 0.29) is 11.9 Å². The van der Waals surface area contributed by atoms with Gasteiger partial charge in [0.25, 0.3) is 0 Å². The number of hydrogen-bond acceptors (Lipinski definition) is 5. The minimum absolute atomic E-state index is 0.0192. The minimum atomic E-state index is -0.328. The Kier molecular flexibility index (Phi) is 6.13. The van der Waals surface area contributed by atoms with Crippen LogP contribution in [-0.2, 0) is 16.1 Å². The molecule has 7 nitrogen and oxygen atoms in total. The highest BCUT2D eigenvalue weighted by Crippen LogP contribution is 2.18. The van der Waals surface area contributed by atoms with Crippen LogP contribution in [0, 0.1) is 0 Å². The lowest BCUT2D eigenvalue weighted by atomic mass is 10.2. The Bertz CT molecular complexity index is 442. The molecule has 1 atom stereocenters. The lowest BCUT2D eigenvalue weighted by Gasteiger charge is -2.16. The highest BCUT2D eigenvalue weighted by atomic mass is 16.5. The highest BCUT2D eigenvalue weighted by Gasteiger charge is 2.22. The second-order valence-corrected chi connectivity index (χ2v) is 5.53. The van der Waals surface area contributed by atoms with Gasteiger partial charge in [0.2, 0.25) is 5.91 Å². The van der Waals surface area contributed by atoms with Gasteiger partial charge in [-0.25, -0.2) is 4.68 Å². The van der Waals surface area contributed by atoms with Gasteiger partial charge in [0.15, 0.2) is 0 Å². The van der Waals surface area contributed by atoms with Crippen molar-refractivity contribution in [1.29, 1.82) is 0 Å². The Hall–Kier alpha value is -1.47. The van der Waals surface area contributed by atoms with E-state index in [9.17, 15) is 4.79 Å². The average Bonchev–Trinajstić information content (AvgIpc) is 3.14. The summed E-state index contributed by atoms with van der Waals surface area (Å²) in [4.78, 5) is 12.2. The maximum Gasteiger partial charge on any atom is 0.244 e. The second-order valence-electron chi connectivity index (χ2n) is 5.53. The van der Waals surface area contributed by atoms with E-state index in [1.807, 2.05) is 13.1 Å². The first kappa shape index (κ1) is 15.9. The van der Waals surface area contributed by atoms with E-state index >= 15 is 0 Å². The fraction of sp³-hybridized carbons (Fsp3) is 0.786. The number of carbonyl (C=O) groups excluding carboxylic acids is 1. The molecule has 0 radical (unpaired) electrons. The molecule has 0 saturated heterocycles. The summed E-state index contributed by atoms with van der Waals surface area (Å²) in [6.07, 6.45) is 6.41. The molecule has 0 aliphatic heterocycles. The van der Waals surface area contributed by atoms with E-state index in [4.69, 9.17) is 4.74 Å². The summed E-state index contributed by atoms with van der Waals surface area (Å²) in [6.45, 7) is 3.90. The van der Waals surface area contributed by atoms with E-state index in [2.05, 4.69) is 20.9 Å². The molecule has 1 unspecified atom stereocenters. The molecule has 118 valence electrons. The third kappa shape index (κ3) is 4.78. The Morgan fingerprint density at radius 1 is 1.52 bits per heavy atom. The number of hydrogen-bond donors (Lipinski definition) is 2. The molecule has 1 fully saturated rings. The third-order valence-electron chi connectivity index (χ3n) is 3.82. The highest BCUT2D eigenvalue weighted by molar-refractivity contribution is 5.80. The molecule has 1 aliphatic rings. The van der Waals surface area contributed by atoms with Gasteiger partial charge < -0.3 is 15.4 Å². The first-order valence-corrected chi connectivity index (χ1v) is 7.61. The van der Waals surface area contributed by atoms with Crippen LogP contribution >= 0.6 is 0 Å². The van der Waals surface area contributed by atoms with Crippen molar-refractivity contribution < 1.29 is 9.53 Å². The van der Waals surface area contributed by atoms with E-state index in [1.54, 1.807) is 11.8 Å². The summed E-state index contributed by atoms with van der Waals surface area (Å²) in [5, 5.41) is 14.4. The molecule has 1 aliphatic carbocycles. The predicted octanol–water partition coefficient (Wildman–Crippen LogP) is 0.634. The fourth-order valence-electron chi connectivity index (χ4n) is 2.49. The Morgan fingerprint density at radius 2 is 2.29 bits per heavy atom. The van der Waals surface area contributed by atoms with Gasteiger partial charge in [0, 0.05) is 26.2 Å². The number of amides is 1. The second kappa shape index (κ2) is 8.09. The molecule has 2 rings (SSSR count). The average molecular weight is 295 g/mol. The number of ether oxygens (including phenoxy) is 1. The molecule has 1 heterocycles. The smallest absolute Gasteiger partial charge is 0.244 e. The summed E-state index contributed by atoms with van der Waals surface area (Å²) < 4.78 is 6.58. The molecule has 1 amide bonds. The summed E-state index contributed by atoms with van der Waals surface area (Å²) >= 11 is 0. The van der Waals surface area contributed by atoms with E-state index in [1.165, 1.54) is 12.8 Å². The first-order valence-electron chi connectivity index (χ1n) is 7.61. The van der Waals surface area contributed by atoms with Gasteiger partial charge in [-0.3, -0.25) is 4.79 Å². The van der Waals surface area contributed by atoms with Crippen LogP contribution in [0.3, 0.4) is 0 Å². The van der Waals surface area contributed by atoms with Gasteiger partial charge in [0.1, 0.15) is 6.04 Å². The number of nitrogens with zero attached hydrogens (tertiary/aromatic N) is 3. The zero-order valence-corrected chi connectivity index (χ0v) is 12.8. The van der Waals surface area contributed by atoms with Crippen LogP contribution in [-0.4, -0.2) is 47.2 Å². The molecule has 0 aromatic carbocycles. The van der Waals surface area contributed by atoms with E-state index in [0.29, 0.717) is 19.2 Å². The molecule has 0 spiro atoms. The Labute approximate surface area is 125 Å². The molecule has 0 bridgehead atoms. The summed E-state index contributed by atoms with van der Waals surface area (Å²) in [6, 6.07) is 0.00415. The van der Waals surface area contributed by atoms with E-state index in [0.717, 1.165) is 25.1 Å². The number of aromatic nitrogens is 3. The van der Waals surface area contributed by atoms with Crippen molar-refractivity contribution in [3.05, 3.63) is 11.9 Å². The zero-order chi connectivity index (χ0) is 15.1. The van der Waals surface area contributed by atoms with Crippen LogP contribution in [0.1, 0.15) is 44.3 Å². The molecule has 1 aromatic heterocycles. The van der Waals surface area contributed by atoms with Crippen LogP contribution in [0.25, 0.3) is 0 Å². The molecule has 1 aromatic rings. The summed E-state index contributed by atoms with van der Waals surface area (Å²) in [5.74, 6) is 0.0192. The van der Waals surface area contributed by atoms with Gasteiger partial charge in [-0.2, -0.15) is 0 Å². The van der Waals surface area contributed by atoms with Gasteiger partial charge in [-0.15, -0.1) is 5.10 Å². The fourth-order valence-corrected chi connectivity index (χ4v) is 2.49. The van der Waals surface area contributed by atoms with E-state index < -0.39 is 0 Å². The molecule has 1 saturated carbocycles. The van der Waals surface area contributed by atoms with Crippen molar-refractivity contribution in [1.82, 2.24) is 25.6 Å². The van der Waals surface area contributed by atoms with Crippen molar-refractivity contribution in [3.8, 4) is 0 Å². The van der Waals surface area contributed by atoms with Gasteiger partial charge >= 0.3 is 0 Å². The Morgan fingerprint density at radius 3 is 3.00 bits per heavy atom. The minimum Gasteiger partial charge on any atom is -0.383 e. The number of rotatable bonds is 8. The van der Waals surface area contributed by atoms with Crippen molar-refractivity contribution in [2.75, 3.05) is 20.3 Å².